The number of ketones is 1. The van der Waals surface area contributed by atoms with E-state index in [1.807, 2.05) is 0 Å². The van der Waals surface area contributed by atoms with E-state index in [9.17, 15) is 9.59 Å². The molecule has 0 aromatic carbocycles. The Bertz CT molecular complexity index is 338. The van der Waals surface area contributed by atoms with Crippen LogP contribution in [0.1, 0.15) is 32.1 Å². The molecule has 1 unspecified atom stereocenters. The fourth-order valence-corrected chi connectivity index (χ4v) is 2.38. The molecule has 16 heavy (non-hydrogen) atoms. The summed E-state index contributed by atoms with van der Waals surface area (Å²) in [7, 11) is 0. The average molecular weight is 224 g/mol. The zero-order chi connectivity index (χ0) is 11.5. The zero-order valence-corrected chi connectivity index (χ0v) is 9.15. The van der Waals surface area contributed by atoms with E-state index in [1.54, 1.807) is 0 Å². The molecule has 0 aromatic heterocycles. The lowest BCUT2D eigenvalue weighted by atomic mass is 9.89. The number of hydrogen-bond donors (Lipinski definition) is 1. The Morgan fingerprint density at radius 2 is 2.38 bits per heavy atom. The lowest BCUT2D eigenvalue weighted by Gasteiger charge is -2.29. The van der Waals surface area contributed by atoms with Crippen LogP contribution in [0.2, 0.25) is 0 Å². The van der Waals surface area contributed by atoms with Crippen molar-refractivity contribution < 1.29 is 14.4 Å². The minimum atomic E-state index is -0.820. The van der Waals surface area contributed by atoms with E-state index in [1.165, 1.54) is 5.06 Å². The molecule has 1 saturated heterocycles. The molecule has 0 radical (unpaired) electrons. The summed E-state index contributed by atoms with van der Waals surface area (Å²) < 4.78 is 0. The van der Waals surface area contributed by atoms with Gasteiger partial charge in [0.25, 0.3) is 0 Å². The molecule has 2 aliphatic rings. The van der Waals surface area contributed by atoms with Gasteiger partial charge in [0.15, 0.2) is 0 Å². The third kappa shape index (κ3) is 2.35. The number of amides is 1. The summed E-state index contributed by atoms with van der Waals surface area (Å²) >= 11 is 0. The van der Waals surface area contributed by atoms with Crippen LogP contribution >= 0.6 is 0 Å². The van der Waals surface area contributed by atoms with Gasteiger partial charge in [0.2, 0.25) is 0 Å². The van der Waals surface area contributed by atoms with Crippen LogP contribution in [-0.4, -0.2) is 23.5 Å². The second-order valence-corrected chi connectivity index (χ2v) is 4.26. The highest BCUT2D eigenvalue weighted by Crippen LogP contribution is 2.33. The summed E-state index contributed by atoms with van der Waals surface area (Å²) in [4.78, 5) is 27.3. The van der Waals surface area contributed by atoms with Crippen LogP contribution in [0.25, 0.3) is 0 Å². The van der Waals surface area contributed by atoms with Crippen LogP contribution in [0.5, 0.6) is 0 Å². The Hall–Kier alpha value is -1.52. The average Bonchev–Trinajstić information content (AvgIpc) is 2.38. The van der Waals surface area contributed by atoms with Gasteiger partial charge in [-0.15, -0.1) is 0 Å². The molecule has 5 heteroatoms. The van der Waals surface area contributed by atoms with Crippen molar-refractivity contribution in [2.75, 3.05) is 6.54 Å². The van der Waals surface area contributed by atoms with Gasteiger partial charge in [-0.25, -0.2) is 9.86 Å². The smallest absolute Gasteiger partial charge is 0.333 e. The standard InChI is InChI=1S/C11H16N2O3/c12-11(15)16-13-6-5-9(14)7-8-3-1-2-4-10(8)13/h4,8H,1-3,5-7H2,(H2,12,15). The minimum Gasteiger partial charge on any atom is -0.333 e. The van der Waals surface area contributed by atoms with Crippen LogP contribution in [0.3, 0.4) is 0 Å². The molecule has 0 spiro atoms. The van der Waals surface area contributed by atoms with Gasteiger partial charge in [-0.3, -0.25) is 4.79 Å². The first-order chi connectivity index (χ1) is 7.66. The largest absolute Gasteiger partial charge is 0.428 e. The zero-order valence-electron chi connectivity index (χ0n) is 9.15. The van der Waals surface area contributed by atoms with E-state index in [4.69, 9.17) is 10.6 Å². The number of nitrogens with two attached hydrogens (primary N) is 1. The van der Waals surface area contributed by atoms with E-state index in [2.05, 4.69) is 6.08 Å². The van der Waals surface area contributed by atoms with Crippen molar-refractivity contribution in [2.24, 2.45) is 11.7 Å². The summed E-state index contributed by atoms with van der Waals surface area (Å²) in [5, 5.41) is 1.50. The monoisotopic (exact) mass is 224 g/mol. The first kappa shape index (κ1) is 11.0. The van der Waals surface area contributed by atoms with Crippen LogP contribution in [0, 0.1) is 5.92 Å². The molecular formula is C11H16N2O3. The van der Waals surface area contributed by atoms with E-state index in [0.29, 0.717) is 19.4 Å². The van der Waals surface area contributed by atoms with Crippen molar-refractivity contribution >= 4 is 11.9 Å². The van der Waals surface area contributed by atoms with Crippen molar-refractivity contribution in [3.8, 4) is 0 Å². The molecule has 1 amide bonds. The highest BCUT2D eigenvalue weighted by atomic mass is 16.7. The van der Waals surface area contributed by atoms with Crippen LogP contribution < -0.4 is 5.73 Å². The number of Topliss-reactive ketones (excluding diaryl/α,β-unsaturated/α-hetero) is 1. The van der Waals surface area contributed by atoms with Crippen LogP contribution in [0.4, 0.5) is 4.79 Å². The van der Waals surface area contributed by atoms with E-state index in [-0.39, 0.29) is 11.7 Å². The van der Waals surface area contributed by atoms with Gasteiger partial charge in [-0.2, -0.15) is 0 Å². The molecule has 1 aliphatic heterocycles. The van der Waals surface area contributed by atoms with Gasteiger partial charge in [0, 0.05) is 18.8 Å². The van der Waals surface area contributed by atoms with Crippen LogP contribution in [-0.2, 0) is 9.63 Å². The maximum Gasteiger partial charge on any atom is 0.428 e. The molecule has 1 atom stereocenters. The third-order valence-corrected chi connectivity index (χ3v) is 3.08. The summed E-state index contributed by atoms with van der Waals surface area (Å²) in [5.74, 6) is 0.427. The highest BCUT2D eigenvalue weighted by molar-refractivity contribution is 5.79. The van der Waals surface area contributed by atoms with Gasteiger partial charge in [0.1, 0.15) is 5.78 Å². The topological polar surface area (TPSA) is 72.6 Å². The Labute approximate surface area is 94.2 Å². The van der Waals surface area contributed by atoms with Gasteiger partial charge in [0.05, 0.1) is 12.2 Å². The minimum absolute atomic E-state index is 0.197. The second kappa shape index (κ2) is 4.55. The maximum atomic E-state index is 11.5. The molecular weight excluding hydrogens is 208 g/mol. The Morgan fingerprint density at radius 3 is 3.12 bits per heavy atom. The molecule has 0 aromatic rings. The number of hydroxylamine groups is 2. The maximum absolute atomic E-state index is 11.5. The van der Waals surface area contributed by atoms with Crippen molar-refractivity contribution in [3.05, 3.63) is 11.8 Å². The number of hydrogen-bond acceptors (Lipinski definition) is 4. The van der Waals surface area contributed by atoms with Crippen molar-refractivity contribution in [3.63, 3.8) is 0 Å². The van der Waals surface area contributed by atoms with Crippen molar-refractivity contribution in [1.29, 1.82) is 0 Å². The number of nitrogens with zero attached hydrogens (tertiary/aromatic N) is 1. The highest BCUT2D eigenvalue weighted by Gasteiger charge is 2.30. The second-order valence-electron chi connectivity index (χ2n) is 4.26. The molecule has 0 bridgehead atoms. The lowest BCUT2D eigenvalue weighted by molar-refractivity contribution is -0.120. The van der Waals surface area contributed by atoms with Gasteiger partial charge >= 0.3 is 6.09 Å². The lowest BCUT2D eigenvalue weighted by Crippen LogP contribution is -2.32. The predicted octanol–water partition coefficient (Wildman–Crippen LogP) is 1.35. The molecule has 2 rings (SSSR count). The molecule has 88 valence electrons. The van der Waals surface area contributed by atoms with E-state index in [0.717, 1.165) is 25.0 Å². The molecule has 1 fully saturated rings. The van der Waals surface area contributed by atoms with Crippen molar-refractivity contribution in [2.45, 2.75) is 32.1 Å². The molecule has 2 N–H and O–H groups in total. The van der Waals surface area contributed by atoms with E-state index >= 15 is 0 Å². The molecule has 0 saturated carbocycles. The van der Waals surface area contributed by atoms with E-state index < -0.39 is 6.09 Å². The molecule has 1 aliphatic carbocycles. The summed E-state index contributed by atoms with van der Waals surface area (Å²) in [6.07, 6.45) is 5.25. The fraction of sp³-hybridized carbons (Fsp3) is 0.636. The Kier molecular flexibility index (Phi) is 3.12. The molecule has 5 nitrogen and oxygen atoms in total. The number of rotatable bonds is 1. The Morgan fingerprint density at radius 1 is 1.56 bits per heavy atom. The normalized spacial score (nSPS) is 25.5. The Balaban J connectivity index is 2.18. The number of carbonyl (C=O) groups is 2. The fourth-order valence-electron chi connectivity index (χ4n) is 2.38. The van der Waals surface area contributed by atoms with Gasteiger partial charge in [-0.1, -0.05) is 6.08 Å². The first-order valence-corrected chi connectivity index (χ1v) is 5.63. The summed E-state index contributed by atoms with van der Waals surface area (Å²) in [6, 6.07) is 0. The number of primary amides is 1. The molecule has 1 heterocycles. The number of allylic oxidation sites excluding steroid dienone is 2. The van der Waals surface area contributed by atoms with Crippen LogP contribution in [0.15, 0.2) is 11.8 Å². The summed E-state index contributed by atoms with van der Waals surface area (Å²) in [5.41, 5.74) is 5.97. The SMILES string of the molecule is NC(=O)ON1CCC(=O)CC2CCCC=C21. The number of carbonyl (C=O) groups excluding carboxylic acids is 2. The van der Waals surface area contributed by atoms with Crippen molar-refractivity contribution in [1.82, 2.24) is 5.06 Å². The first-order valence-electron chi connectivity index (χ1n) is 5.63. The van der Waals surface area contributed by atoms with Gasteiger partial charge < -0.3 is 10.6 Å². The third-order valence-electron chi connectivity index (χ3n) is 3.08. The predicted molar refractivity (Wildman–Crippen MR) is 57.0 cm³/mol. The number of fused-ring (bicyclic) bond motifs is 1. The quantitative estimate of drug-likeness (QED) is 0.729. The summed E-state index contributed by atoms with van der Waals surface area (Å²) in [6.45, 7) is 0.421. The van der Waals surface area contributed by atoms with Gasteiger partial charge in [-0.05, 0) is 19.3 Å².